The highest BCUT2D eigenvalue weighted by Crippen LogP contribution is 2.41. The van der Waals surface area contributed by atoms with Crippen LogP contribution in [0.4, 0.5) is 0 Å². The van der Waals surface area contributed by atoms with E-state index in [1.807, 2.05) is 18.2 Å². The van der Waals surface area contributed by atoms with Crippen LogP contribution in [-0.4, -0.2) is 21.8 Å². The van der Waals surface area contributed by atoms with Gasteiger partial charge in [-0.1, -0.05) is 43.6 Å². The third-order valence-corrected chi connectivity index (χ3v) is 4.07. The van der Waals surface area contributed by atoms with Gasteiger partial charge in [-0.2, -0.15) is 0 Å². The zero-order valence-electron chi connectivity index (χ0n) is 10.0. The van der Waals surface area contributed by atoms with Crippen molar-refractivity contribution in [2.24, 2.45) is 11.8 Å². The van der Waals surface area contributed by atoms with Gasteiger partial charge in [0.25, 0.3) is 0 Å². The molecule has 0 aliphatic heterocycles. The Balaban J connectivity index is 2.15. The highest BCUT2D eigenvalue weighted by Gasteiger charge is 2.42. The van der Waals surface area contributed by atoms with Gasteiger partial charge in [0, 0.05) is 5.92 Å². The highest BCUT2D eigenvalue weighted by atomic mass is 16.4. The lowest BCUT2D eigenvalue weighted by Crippen LogP contribution is -2.45. The lowest BCUT2D eigenvalue weighted by molar-refractivity contribution is -0.140. The SMILES string of the molecule is O=C(O)C[C@@H]1C=CC=C[C@]1(O)C1CCCCC1. The number of hydrogen-bond acceptors (Lipinski definition) is 2. The summed E-state index contributed by atoms with van der Waals surface area (Å²) >= 11 is 0. The van der Waals surface area contributed by atoms with Gasteiger partial charge < -0.3 is 10.2 Å². The second-order valence-electron chi connectivity index (χ2n) is 5.17. The highest BCUT2D eigenvalue weighted by molar-refractivity contribution is 5.67. The molecule has 0 heterocycles. The van der Waals surface area contributed by atoms with Gasteiger partial charge in [0.1, 0.15) is 0 Å². The summed E-state index contributed by atoms with van der Waals surface area (Å²) in [6.07, 6.45) is 12.9. The van der Waals surface area contributed by atoms with Crippen molar-refractivity contribution >= 4 is 5.97 Å². The first-order valence-electron chi connectivity index (χ1n) is 6.43. The number of aliphatic hydroxyl groups is 1. The minimum atomic E-state index is -0.951. The number of carboxylic acids is 1. The van der Waals surface area contributed by atoms with E-state index in [1.54, 1.807) is 6.08 Å². The fourth-order valence-corrected chi connectivity index (χ4v) is 3.11. The molecule has 0 amide bonds. The first-order valence-corrected chi connectivity index (χ1v) is 6.43. The van der Waals surface area contributed by atoms with E-state index in [-0.39, 0.29) is 18.3 Å². The summed E-state index contributed by atoms with van der Waals surface area (Å²) < 4.78 is 0. The predicted octanol–water partition coefficient (Wildman–Crippen LogP) is 2.51. The number of aliphatic carboxylic acids is 1. The first-order chi connectivity index (χ1) is 8.13. The van der Waals surface area contributed by atoms with Crippen LogP contribution in [0.25, 0.3) is 0 Å². The predicted molar refractivity (Wildman–Crippen MR) is 65.5 cm³/mol. The third kappa shape index (κ3) is 2.60. The molecule has 3 nitrogen and oxygen atoms in total. The molecule has 0 unspecified atom stereocenters. The van der Waals surface area contributed by atoms with Gasteiger partial charge in [-0.15, -0.1) is 0 Å². The van der Waals surface area contributed by atoms with E-state index in [0.717, 1.165) is 25.7 Å². The van der Waals surface area contributed by atoms with Gasteiger partial charge >= 0.3 is 5.97 Å². The van der Waals surface area contributed by atoms with Crippen molar-refractivity contribution in [2.45, 2.75) is 44.1 Å². The smallest absolute Gasteiger partial charge is 0.304 e. The number of allylic oxidation sites excluding steroid dienone is 2. The normalized spacial score (nSPS) is 33.8. The maximum absolute atomic E-state index is 10.9. The van der Waals surface area contributed by atoms with Gasteiger partial charge in [-0.05, 0) is 18.8 Å². The number of hydrogen-bond donors (Lipinski definition) is 2. The molecule has 0 bridgehead atoms. The van der Waals surface area contributed by atoms with Gasteiger partial charge in [-0.3, -0.25) is 4.79 Å². The maximum Gasteiger partial charge on any atom is 0.304 e. The summed E-state index contributed by atoms with van der Waals surface area (Å²) in [6, 6.07) is 0. The second kappa shape index (κ2) is 5.05. The lowest BCUT2D eigenvalue weighted by atomic mass is 9.68. The summed E-state index contributed by atoms with van der Waals surface area (Å²) in [4.78, 5) is 10.9. The molecular weight excluding hydrogens is 216 g/mol. The summed E-state index contributed by atoms with van der Waals surface area (Å²) in [5.41, 5.74) is -0.951. The largest absolute Gasteiger partial charge is 0.481 e. The second-order valence-corrected chi connectivity index (χ2v) is 5.17. The quantitative estimate of drug-likeness (QED) is 0.791. The molecule has 2 rings (SSSR count). The molecule has 0 radical (unpaired) electrons. The van der Waals surface area contributed by atoms with Crippen LogP contribution in [0.2, 0.25) is 0 Å². The molecule has 0 aromatic carbocycles. The maximum atomic E-state index is 10.9. The van der Waals surface area contributed by atoms with E-state index < -0.39 is 11.6 Å². The van der Waals surface area contributed by atoms with Crippen molar-refractivity contribution in [1.29, 1.82) is 0 Å². The average molecular weight is 236 g/mol. The molecule has 2 aliphatic carbocycles. The topological polar surface area (TPSA) is 57.5 Å². The summed E-state index contributed by atoms with van der Waals surface area (Å²) in [6.45, 7) is 0. The van der Waals surface area contributed by atoms with Crippen LogP contribution in [-0.2, 0) is 4.79 Å². The van der Waals surface area contributed by atoms with Crippen LogP contribution in [0.3, 0.4) is 0 Å². The van der Waals surface area contributed by atoms with E-state index in [0.29, 0.717) is 0 Å². The molecule has 17 heavy (non-hydrogen) atoms. The Bertz CT molecular complexity index is 339. The van der Waals surface area contributed by atoms with Crippen LogP contribution in [0.5, 0.6) is 0 Å². The van der Waals surface area contributed by atoms with Gasteiger partial charge in [0.15, 0.2) is 0 Å². The van der Waals surface area contributed by atoms with E-state index >= 15 is 0 Å². The standard InChI is InChI=1S/C14H20O3/c15-13(16)10-12-8-4-5-9-14(12,17)11-6-2-1-3-7-11/h4-5,8-9,11-12,17H,1-3,6-7,10H2,(H,15,16)/t12-,14-/m0/s1. The molecule has 94 valence electrons. The van der Waals surface area contributed by atoms with Crippen molar-refractivity contribution in [2.75, 3.05) is 0 Å². The fraction of sp³-hybridized carbons (Fsp3) is 0.643. The van der Waals surface area contributed by atoms with Crippen LogP contribution in [0.1, 0.15) is 38.5 Å². The van der Waals surface area contributed by atoms with E-state index in [9.17, 15) is 9.90 Å². The monoisotopic (exact) mass is 236 g/mol. The van der Waals surface area contributed by atoms with Gasteiger partial charge in [0.05, 0.1) is 12.0 Å². The van der Waals surface area contributed by atoms with Crippen LogP contribution < -0.4 is 0 Å². The van der Waals surface area contributed by atoms with Gasteiger partial charge in [0.2, 0.25) is 0 Å². The molecule has 0 saturated heterocycles. The molecule has 0 aromatic rings. The Hall–Kier alpha value is -1.09. The number of carbonyl (C=O) groups is 1. The lowest BCUT2D eigenvalue weighted by Gasteiger charge is -2.41. The minimum Gasteiger partial charge on any atom is -0.481 e. The molecule has 1 saturated carbocycles. The van der Waals surface area contributed by atoms with Crippen LogP contribution in [0.15, 0.2) is 24.3 Å². The Morgan fingerprint density at radius 1 is 1.24 bits per heavy atom. The molecule has 2 atom stereocenters. The number of rotatable bonds is 3. The van der Waals surface area contributed by atoms with E-state index in [1.165, 1.54) is 6.42 Å². The molecule has 2 N–H and O–H groups in total. The molecular formula is C14H20O3. The van der Waals surface area contributed by atoms with Crippen LogP contribution in [0, 0.1) is 11.8 Å². The van der Waals surface area contributed by atoms with Crippen molar-refractivity contribution < 1.29 is 15.0 Å². The summed E-state index contributed by atoms with van der Waals surface area (Å²) in [5, 5.41) is 19.7. The third-order valence-electron chi connectivity index (χ3n) is 4.07. The van der Waals surface area contributed by atoms with E-state index in [4.69, 9.17) is 5.11 Å². The minimum absolute atomic E-state index is 0.00778. The van der Waals surface area contributed by atoms with Crippen molar-refractivity contribution in [3.8, 4) is 0 Å². The molecule has 1 fully saturated rings. The Labute approximate surface area is 102 Å². The zero-order chi connectivity index (χ0) is 12.3. The van der Waals surface area contributed by atoms with E-state index in [2.05, 4.69) is 0 Å². The summed E-state index contributed by atoms with van der Waals surface area (Å²) in [5.74, 6) is -0.918. The van der Waals surface area contributed by atoms with Gasteiger partial charge in [-0.25, -0.2) is 0 Å². The zero-order valence-corrected chi connectivity index (χ0v) is 10.0. The van der Waals surface area contributed by atoms with Crippen molar-refractivity contribution in [3.05, 3.63) is 24.3 Å². The average Bonchev–Trinajstić information content (AvgIpc) is 2.33. The Morgan fingerprint density at radius 2 is 1.94 bits per heavy atom. The Kier molecular flexibility index (Phi) is 3.67. The molecule has 0 spiro atoms. The van der Waals surface area contributed by atoms with Crippen molar-refractivity contribution in [1.82, 2.24) is 0 Å². The molecule has 2 aliphatic rings. The summed E-state index contributed by atoms with van der Waals surface area (Å²) in [7, 11) is 0. The van der Waals surface area contributed by atoms with Crippen molar-refractivity contribution in [3.63, 3.8) is 0 Å². The number of carboxylic acid groups (broad SMARTS) is 1. The first kappa shape index (κ1) is 12.4. The molecule has 3 heteroatoms. The van der Waals surface area contributed by atoms with Crippen LogP contribution >= 0.6 is 0 Å². The molecule has 0 aromatic heterocycles. The fourth-order valence-electron chi connectivity index (χ4n) is 3.11. The Morgan fingerprint density at radius 3 is 2.59 bits per heavy atom.